The van der Waals surface area contributed by atoms with Crippen LogP contribution in [0.5, 0.6) is 5.75 Å². The molecule has 0 bridgehead atoms. The SMILES string of the molecule is CC(C)CCc1ccc2[n-]c(CO)c(OC(=O)C3OC(O)(CO)C(O)C3O)c2c1. The minimum absolute atomic E-state index is 0.0311. The van der Waals surface area contributed by atoms with Crippen LogP contribution in [0.2, 0.25) is 0 Å². The Morgan fingerprint density at radius 3 is 2.62 bits per heavy atom. The number of aromatic nitrogens is 1. The van der Waals surface area contributed by atoms with Crippen molar-refractivity contribution in [2.24, 2.45) is 5.92 Å². The Morgan fingerprint density at radius 2 is 2.03 bits per heavy atom. The first kappa shape index (κ1) is 21.7. The lowest BCUT2D eigenvalue weighted by molar-refractivity contribution is -0.246. The van der Waals surface area contributed by atoms with Crippen LogP contribution in [0.25, 0.3) is 10.9 Å². The number of carbonyl (C=O) groups excluding carboxylic acids is 1. The number of carbonyl (C=O) groups is 1. The lowest BCUT2D eigenvalue weighted by atomic mass is 10.0. The molecule has 0 saturated carbocycles. The van der Waals surface area contributed by atoms with Crippen LogP contribution in [-0.2, 0) is 22.6 Å². The van der Waals surface area contributed by atoms with E-state index in [4.69, 9.17) is 9.47 Å². The quantitative estimate of drug-likeness (QED) is 0.385. The molecule has 1 aromatic heterocycles. The van der Waals surface area contributed by atoms with Gasteiger partial charge in [0.05, 0.1) is 13.2 Å². The molecule has 29 heavy (non-hydrogen) atoms. The van der Waals surface area contributed by atoms with Gasteiger partial charge in [-0.15, -0.1) is 5.52 Å². The van der Waals surface area contributed by atoms with Gasteiger partial charge in [0.25, 0.3) is 0 Å². The maximum Gasteiger partial charge on any atom is 0.343 e. The molecule has 3 rings (SSSR count). The molecule has 4 unspecified atom stereocenters. The van der Waals surface area contributed by atoms with Gasteiger partial charge in [0.2, 0.25) is 5.79 Å². The third kappa shape index (κ3) is 4.16. The second-order valence-electron chi connectivity index (χ2n) is 7.73. The van der Waals surface area contributed by atoms with E-state index in [1.807, 2.05) is 12.1 Å². The fourth-order valence-corrected chi connectivity index (χ4v) is 3.31. The topological polar surface area (TPSA) is 151 Å². The highest BCUT2D eigenvalue weighted by molar-refractivity contribution is 5.91. The smallest absolute Gasteiger partial charge is 0.343 e. The van der Waals surface area contributed by atoms with E-state index >= 15 is 0 Å². The van der Waals surface area contributed by atoms with Crippen LogP contribution >= 0.6 is 0 Å². The molecule has 9 heteroatoms. The summed E-state index contributed by atoms with van der Waals surface area (Å²) in [6, 6.07) is 5.53. The van der Waals surface area contributed by atoms with Crippen LogP contribution in [-0.4, -0.2) is 62.2 Å². The van der Waals surface area contributed by atoms with Gasteiger partial charge in [-0.25, -0.2) is 4.79 Å². The zero-order valence-corrected chi connectivity index (χ0v) is 16.3. The summed E-state index contributed by atoms with van der Waals surface area (Å²) in [6.07, 6.45) is -3.61. The average Bonchev–Trinajstić information content (AvgIpc) is 3.16. The Labute approximate surface area is 167 Å². The van der Waals surface area contributed by atoms with Crippen LogP contribution in [0.4, 0.5) is 0 Å². The predicted octanol–water partition coefficient (Wildman–Crippen LogP) is -0.415. The van der Waals surface area contributed by atoms with E-state index < -0.39 is 43.3 Å². The minimum Gasteiger partial charge on any atom is -0.656 e. The van der Waals surface area contributed by atoms with Gasteiger partial charge in [0.15, 0.2) is 6.10 Å². The number of rotatable bonds is 7. The Balaban J connectivity index is 1.88. The van der Waals surface area contributed by atoms with Gasteiger partial charge in [-0.05, 0) is 30.4 Å². The van der Waals surface area contributed by atoms with Crippen molar-refractivity contribution in [3.63, 3.8) is 0 Å². The van der Waals surface area contributed by atoms with Gasteiger partial charge >= 0.3 is 5.97 Å². The zero-order valence-electron chi connectivity index (χ0n) is 16.3. The first-order valence-electron chi connectivity index (χ1n) is 9.48. The van der Waals surface area contributed by atoms with E-state index in [0.29, 0.717) is 16.8 Å². The van der Waals surface area contributed by atoms with Crippen molar-refractivity contribution in [1.29, 1.82) is 0 Å². The van der Waals surface area contributed by atoms with Gasteiger partial charge in [-0.2, -0.15) is 0 Å². The molecule has 0 radical (unpaired) electrons. The predicted molar refractivity (Wildman–Crippen MR) is 101 cm³/mol. The summed E-state index contributed by atoms with van der Waals surface area (Å²) < 4.78 is 10.3. The van der Waals surface area contributed by atoms with E-state index in [1.165, 1.54) is 0 Å². The molecule has 2 aromatic rings. The third-order valence-corrected chi connectivity index (χ3v) is 5.07. The lowest BCUT2D eigenvalue weighted by Crippen LogP contribution is -2.46. The fourth-order valence-electron chi connectivity index (χ4n) is 3.31. The largest absolute Gasteiger partial charge is 0.656 e. The van der Waals surface area contributed by atoms with Crippen molar-refractivity contribution in [3.05, 3.63) is 29.5 Å². The molecule has 1 aliphatic heterocycles. The molecule has 0 spiro atoms. The van der Waals surface area contributed by atoms with E-state index in [0.717, 1.165) is 18.4 Å². The standard InChI is InChI=1S/C20H26NO8/c1-10(2)3-4-11-5-6-13-12(7-11)16(14(8-22)21-13)28-19(26)17-15(24)18(25)20(27,9-23)29-17/h5-7,10,15,17-18,22-25,27H,3-4,8-9H2,1-2H3/q-1. The maximum atomic E-state index is 12.6. The van der Waals surface area contributed by atoms with Crippen molar-refractivity contribution in [2.75, 3.05) is 6.61 Å². The maximum absolute atomic E-state index is 12.6. The summed E-state index contributed by atoms with van der Waals surface area (Å²) in [5, 5.41) is 49.1. The molecule has 2 heterocycles. The van der Waals surface area contributed by atoms with E-state index in [2.05, 4.69) is 18.8 Å². The van der Waals surface area contributed by atoms with Crippen molar-refractivity contribution in [2.45, 2.75) is 57.4 Å². The number of aryl methyl sites for hydroxylation is 1. The lowest BCUT2D eigenvalue weighted by Gasteiger charge is -2.22. The number of nitrogens with zero attached hydrogens (tertiary/aromatic N) is 1. The van der Waals surface area contributed by atoms with Gasteiger partial charge < -0.3 is 40.0 Å². The Bertz CT molecular complexity index is 879. The second-order valence-corrected chi connectivity index (χ2v) is 7.73. The molecule has 0 aliphatic carbocycles. The summed E-state index contributed by atoms with van der Waals surface area (Å²) in [7, 11) is 0. The summed E-state index contributed by atoms with van der Waals surface area (Å²) in [4.78, 5) is 16.8. The summed E-state index contributed by atoms with van der Waals surface area (Å²) >= 11 is 0. The fraction of sp³-hybridized carbons (Fsp3) is 0.550. The summed E-state index contributed by atoms with van der Waals surface area (Å²) in [5.41, 5.74) is 1.69. The molecular weight excluding hydrogens is 382 g/mol. The van der Waals surface area contributed by atoms with Crippen molar-refractivity contribution < 1.29 is 39.8 Å². The average molecular weight is 408 g/mol. The minimum atomic E-state index is -2.47. The summed E-state index contributed by atoms with van der Waals surface area (Å²) in [5.74, 6) is -3.01. The molecule has 1 aromatic carbocycles. The van der Waals surface area contributed by atoms with Gasteiger partial charge in [-0.1, -0.05) is 31.7 Å². The molecule has 4 atom stereocenters. The Kier molecular flexibility index (Phi) is 6.27. The molecule has 1 fully saturated rings. The number of hydrogen-bond donors (Lipinski definition) is 5. The number of esters is 1. The molecule has 1 aliphatic rings. The number of benzene rings is 1. The normalized spacial score (nSPS) is 27.1. The highest BCUT2D eigenvalue weighted by Gasteiger charge is 2.56. The number of aliphatic hydroxyl groups is 5. The van der Waals surface area contributed by atoms with Crippen LogP contribution in [0, 0.1) is 5.92 Å². The third-order valence-electron chi connectivity index (χ3n) is 5.07. The van der Waals surface area contributed by atoms with Crippen LogP contribution in [0.1, 0.15) is 31.5 Å². The molecular formula is C20H26NO8-. The highest BCUT2D eigenvalue weighted by Crippen LogP contribution is 2.34. The number of hydrogen-bond acceptors (Lipinski definition) is 8. The highest BCUT2D eigenvalue weighted by atomic mass is 16.7. The monoisotopic (exact) mass is 408 g/mol. The second kappa shape index (κ2) is 8.39. The number of ether oxygens (including phenoxy) is 2. The van der Waals surface area contributed by atoms with Crippen molar-refractivity contribution >= 4 is 16.9 Å². The molecule has 160 valence electrons. The Hall–Kier alpha value is -2.01. The van der Waals surface area contributed by atoms with Gasteiger partial charge in [-0.3, -0.25) is 0 Å². The van der Waals surface area contributed by atoms with Crippen LogP contribution < -0.4 is 9.72 Å². The molecule has 9 nitrogen and oxygen atoms in total. The first-order valence-corrected chi connectivity index (χ1v) is 9.48. The van der Waals surface area contributed by atoms with E-state index in [9.17, 15) is 30.3 Å². The van der Waals surface area contributed by atoms with Crippen LogP contribution in [0.3, 0.4) is 0 Å². The molecule has 5 N–H and O–H groups in total. The summed E-state index contributed by atoms with van der Waals surface area (Å²) in [6.45, 7) is 2.75. The first-order chi connectivity index (χ1) is 13.7. The Morgan fingerprint density at radius 1 is 1.31 bits per heavy atom. The van der Waals surface area contributed by atoms with E-state index in [1.54, 1.807) is 6.07 Å². The van der Waals surface area contributed by atoms with E-state index in [-0.39, 0.29) is 11.4 Å². The van der Waals surface area contributed by atoms with Crippen molar-refractivity contribution in [3.8, 4) is 5.75 Å². The number of aliphatic hydroxyl groups excluding tert-OH is 4. The number of fused-ring (bicyclic) bond motifs is 1. The van der Waals surface area contributed by atoms with Crippen LogP contribution in [0.15, 0.2) is 18.2 Å². The zero-order chi connectivity index (χ0) is 21.3. The molecule has 0 amide bonds. The van der Waals surface area contributed by atoms with Gasteiger partial charge in [0.1, 0.15) is 18.0 Å². The van der Waals surface area contributed by atoms with Crippen molar-refractivity contribution in [1.82, 2.24) is 4.98 Å². The molecule has 1 saturated heterocycles. The van der Waals surface area contributed by atoms with Gasteiger partial charge in [0, 0.05) is 5.39 Å².